The lowest BCUT2D eigenvalue weighted by Gasteiger charge is -2.33. The fourth-order valence-corrected chi connectivity index (χ4v) is 2.16. The van der Waals surface area contributed by atoms with E-state index in [4.69, 9.17) is 4.74 Å². The van der Waals surface area contributed by atoms with Crippen LogP contribution < -0.4 is 10.2 Å². The fraction of sp³-hybridized carbons (Fsp3) is 0.714. The van der Waals surface area contributed by atoms with Gasteiger partial charge in [0.25, 0.3) is 0 Å². The summed E-state index contributed by atoms with van der Waals surface area (Å²) in [5.41, 5.74) is 0.991. The SMILES string of the molecule is CC(C)CNCc1ccc(N2CCOCC2C)nn1. The molecule has 1 fully saturated rings. The lowest BCUT2D eigenvalue weighted by molar-refractivity contribution is 0.0984. The molecule has 106 valence electrons. The Morgan fingerprint density at radius 3 is 2.89 bits per heavy atom. The van der Waals surface area contributed by atoms with Crippen LogP contribution in [0.5, 0.6) is 0 Å². The summed E-state index contributed by atoms with van der Waals surface area (Å²) in [7, 11) is 0. The molecule has 5 heteroatoms. The van der Waals surface area contributed by atoms with Gasteiger partial charge in [0.2, 0.25) is 0 Å². The summed E-state index contributed by atoms with van der Waals surface area (Å²) in [4.78, 5) is 2.25. The van der Waals surface area contributed by atoms with Gasteiger partial charge >= 0.3 is 0 Å². The molecule has 0 radical (unpaired) electrons. The molecule has 1 N–H and O–H groups in total. The van der Waals surface area contributed by atoms with E-state index in [2.05, 4.69) is 53.3 Å². The van der Waals surface area contributed by atoms with Crippen LogP contribution in [0.2, 0.25) is 0 Å². The summed E-state index contributed by atoms with van der Waals surface area (Å²) in [5, 5.41) is 12.0. The van der Waals surface area contributed by atoms with Gasteiger partial charge in [0.15, 0.2) is 5.82 Å². The van der Waals surface area contributed by atoms with E-state index in [0.29, 0.717) is 12.0 Å². The largest absolute Gasteiger partial charge is 0.377 e. The molecule has 0 bridgehead atoms. The molecule has 0 saturated carbocycles. The summed E-state index contributed by atoms with van der Waals surface area (Å²) in [6.45, 7) is 10.8. The van der Waals surface area contributed by atoms with Crippen molar-refractivity contribution < 1.29 is 4.74 Å². The van der Waals surface area contributed by atoms with E-state index in [1.165, 1.54) is 0 Å². The third kappa shape index (κ3) is 4.14. The molecule has 0 aliphatic carbocycles. The van der Waals surface area contributed by atoms with Crippen molar-refractivity contribution in [3.05, 3.63) is 17.8 Å². The van der Waals surface area contributed by atoms with Gasteiger partial charge in [0.1, 0.15) is 0 Å². The smallest absolute Gasteiger partial charge is 0.151 e. The van der Waals surface area contributed by atoms with E-state index < -0.39 is 0 Å². The number of aromatic nitrogens is 2. The summed E-state index contributed by atoms with van der Waals surface area (Å²) in [6.07, 6.45) is 0. The Kier molecular flexibility index (Phi) is 5.10. The summed E-state index contributed by atoms with van der Waals surface area (Å²) in [6, 6.07) is 4.48. The first-order valence-corrected chi connectivity index (χ1v) is 7.04. The molecule has 1 unspecified atom stereocenters. The maximum Gasteiger partial charge on any atom is 0.151 e. The van der Waals surface area contributed by atoms with Gasteiger partial charge in [-0.2, -0.15) is 5.10 Å². The quantitative estimate of drug-likeness (QED) is 0.872. The third-order valence-electron chi connectivity index (χ3n) is 3.23. The van der Waals surface area contributed by atoms with Crippen LogP contribution in [-0.2, 0) is 11.3 Å². The van der Waals surface area contributed by atoms with Crippen LogP contribution in [-0.4, -0.2) is 42.5 Å². The summed E-state index contributed by atoms with van der Waals surface area (Å²) < 4.78 is 5.43. The van der Waals surface area contributed by atoms with E-state index in [1.807, 2.05) is 0 Å². The minimum Gasteiger partial charge on any atom is -0.377 e. The lowest BCUT2D eigenvalue weighted by atomic mass is 10.2. The third-order valence-corrected chi connectivity index (χ3v) is 3.23. The number of morpholine rings is 1. The average molecular weight is 264 g/mol. The van der Waals surface area contributed by atoms with Gasteiger partial charge in [0, 0.05) is 13.1 Å². The van der Waals surface area contributed by atoms with E-state index >= 15 is 0 Å². The molecule has 1 aromatic heterocycles. The summed E-state index contributed by atoms with van der Waals surface area (Å²) in [5.74, 6) is 1.60. The van der Waals surface area contributed by atoms with Crippen LogP contribution in [0.25, 0.3) is 0 Å². The van der Waals surface area contributed by atoms with Gasteiger partial charge in [-0.15, -0.1) is 5.10 Å². The van der Waals surface area contributed by atoms with Gasteiger partial charge in [-0.1, -0.05) is 13.8 Å². The number of nitrogens with zero attached hydrogens (tertiary/aromatic N) is 3. The highest BCUT2D eigenvalue weighted by Crippen LogP contribution is 2.16. The van der Waals surface area contributed by atoms with Crippen molar-refractivity contribution in [3.63, 3.8) is 0 Å². The molecule has 0 amide bonds. The van der Waals surface area contributed by atoms with Crippen molar-refractivity contribution in [2.24, 2.45) is 5.92 Å². The Hall–Kier alpha value is -1.20. The predicted octanol–water partition coefficient (Wildman–Crippen LogP) is 1.45. The molecule has 1 aliphatic heterocycles. The first kappa shape index (κ1) is 14.2. The standard InChI is InChI=1S/C14H24N4O/c1-11(2)8-15-9-13-4-5-14(17-16-13)18-6-7-19-10-12(18)3/h4-5,11-12,15H,6-10H2,1-3H3. The molecule has 1 saturated heterocycles. The van der Waals surface area contributed by atoms with E-state index in [9.17, 15) is 0 Å². The number of hydrogen-bond acceptors (Lipinski definition) is 5. The molecule has 2 heterocycles. The second-order valence-electron chi connectivity index (χ2n) is 5.52. The normalized spacial score (nSPS) is 20.0. The van der Waals surface area contributed by atoms with E-state index in [-0.39, 0.29) is 0 Å². The predicted molar refractivity (Wildman–Crippen MR) is 76.2 cm³/mol. The zero-order chi connectivity index (χ0) is 13.7. The number of hydrogen-bond donors (Lipinski definition) is 1. The maximum atomic E-state index is 5.43. The molecule has 1 aliphatic rings. The Bertz CT molecular complexity index is 380. The van der Waals surface area contributed by atoms with Crippen molar-refractivity contribution >= 4 is 5.82 Å². The first-order chi connectivity index (χ1) is 9.16. The Labute approximate surface area is 115 Å². The minimum atomic E-state index is 0.368. The second kappa shape index (κ2) is 6.82. The lowest BCUT2D eigenvalue weighted by Crippen LogP contribution is -2.44. The molecular formula is C14H24N4O. The number of ether oxygens (including phenoxy) is 1. The van der Waals surface area contributed by atoms with Crippen LogP contribution in [0, 0.1) is 5.92 Å². The molecule has 1 atom stereocenters. The van der Waals surface area contributed by atoms with Gasteiger partial charge in [-0.3, -0.25) is 0 Å². The fourth-order valence-electron chi connectivity index (χ4n) is 2.16. The average Bonchev–Trinajstić information content (AvgIpc) is 2.40. The van der Waals surface area contributed by atoms with Crippen molar-refractivity contribution in [2.45, 2.75) is 33.4 Å². The Morgan fingerprint density at radius 1 is 1.42 bits per heavy atom. The van der Waals surface area contributed by atoms with Crippen molar-refractivity contribution in [3.8, 4) is 0 Å². The van der Waals surface area contributed by atoms with Gasteiger partial charge in [0.05, 0.1) is 24.9 Å². The van der Waals surface area contributed by atoms with Crippen LogP contribution >= 0.6 is 0 Å². The molecule has 0 spiro atoms. The maximum absolute atomic E-state index is 5.43. The van der Waals surface area contributed by atoms with Gasteiger partial charge in [-0.05, 0) is 31.5 Å². The van der Waals surface area contributed by atoms with E-state index in [1.54, 1.807) is 0 Å². The van der Waals surface area contributed by atoms with Gasteiger partial charge in [-0.25, -0.2) is 0 Å². The number of anilines is 1. The molecule has 2 rings (SSSR count). The van der Waals surface area contributed by atoms with Crippen LogP contribution in [0.3, 0.4) is 0 Å². The topological polar surface area (TPSA) is 50.3 Å². The molecule has 5 nitrogen and oxygen atoms in total. The Morgan fingerprint density at radius 2 is 2.26 bits per heavy atom. The molecular weight excluding hydrogens is 240 g/mol. The van der Waals surface area contributed by atoms with Crippen molar-refractivity contribution in [1.82, 2.24) is 15.5 Å². The van der Waals surface area contributed by atoms with Crippen LogP contribution in [0.4, 0.5) is 5.82 Å². The highest BCUT2D eigenvalue weighted by Gasteiger charge is 2.20. The second-order valence-corrected chi connectivity index (χ2v) is 5.52. The minimum absolute atomic E-state index is 0.368. The van der Waals surface area contributed by atoms with Crippen molar-refractivity contribution in [1.29, 1.82) is 0 Å². The monoisotopic (exact) mass is 264 g/mol. The highest BCUT2D eigenvalue weighted by atomic mass is 16.5. The van der Waals surface area contributed by atoms with Crippen molar-refractivity contribution in [2.75, 3.05) is 31.2 Å². The molecule has 19 heavy (non-hydrogen) atoms. The highest BCUT2D eigenvalue weighted by molar-refractivity contribution is 5.39. The van der Waals surface area contributed by atoms with Crippen LogP contribution in [0.15, 0.2) is 12.1 Å². The molecule has 1 aromatic rings. The number of nitrogens with one attached hydrogen (secondary N) is 1. The summed E-state index contributed by atoms with van der Waals surface area (Å²) >= 11 is 0. The zero-order valence-electron chi connectivity index (χ0n) is 12.1. The van der Waals surface area contributed by atoms with Gasteiger partial charge < -0.3 is 15.0 Å². The van der Waals surface area contributed by atoms with E-state index in [0.717, 1.165) is 44.4 Å². The molecule has 0 aromatic carbocycles. The first-order valence-electron chi connectivity index (χ1n) is 7.04. The number of rotatable bonds is 5. The Balaban J connectivity index is 1.90. The van der Waals surface area contributed by atoms with Crippen LogP contribution in [0.1, 0.15) is 26.5 Å². The zero-order valence-corrected chi connectivity index (χ0v) is 12.1.